The SMILES string of the molecule is N#Cc1ccc(C(=O)Cl)c(C=O)c1F. The van der Waals surface area contributed by atoms with Gasteiger partial charge in [0.1, 0.15) is 6.07 Å². The Hall–Kier alpha value is -1.73. The molecule has 1 aromatic rings. The Morgan fingerprint density at radius 1 is 1.57 bits per heavy atom. The van der Waals surface area contributed by atoms with E-state index in [-0.39, 0.29) is 17.4 Å². The van der Waals surface area contributed by atoms with Crippen LogP contribution in [-0.4, -0.2) is 11.5 Å². The fraction of sp³-hybridized carbons (Fsp3) is 0. The average Bonchev–Trinajstić information content (AvgIpc) is 2.17. The zero-order valence-corrected chi connectivity index (χ0v) is 7.51. The van der Waals surface area contributed by atoms with Gasteiger partial charge in [0.2, 0.25) is 0 Å². The lowest BCUT2D eigenvalue weighted by Gasteiger charge is -2.01. The molecular weight excluding hydrogens is 209 g/mol. The Kier molecular flexibility index (Phi) is 2.95. The summed E-state index contributed by atoms with van der Waals surface area (Å²) in [5.74, 6) is -1.02. The first-order chi connectivity index (χ1) is 6.61. The molecule has 1 aromatic carbocycles. The van der Waals surface area contributed by atoms with Crippen molar-refractivity contribution >= 4 is 23.1 Å². The van der Waals surface area contributed by atoms with E-state index in [1.54, 1.807) is 6.07 Å². The molecule has 0 saturated carbocycles. The molecule has 3 nitrogen and oxygen atoms in total. The summed E-state index contributed by atoms with van der Waals surface area (Å²) in [4.78, 5) is 21.2. The van der Waals surface area contributed by atoms with Crippen LogP contribution in [0, 0.1) is 17.1 Å². The van der Waals surface area contributed by atoms with Crippen molar-refractivity contribution < 1.29 is 14.0 Å². The Balaban J connectivity index is 3.53. The van der Waals surface area contributed by atoms with Crippen LogP contribution in [0.1, 0.15) is 26.3 Å². The molecule has 1 rings (SSSR count). The van der Waals surface area contributed by atoms with Crippen molar-refractivity contribution in [3.63, 3.8) is 0 Å². The summed E-state index contributed by atoms with van der Waals surface area (Å²) in [7, 11) is 0. The van der Waals surface area contributed by atoms with Gasteiger partial charge in [-0.1, -0.05) is 0 Å². The van der Waals surface area contributed by atoms with Crippen molar-refractivity contribution in [3.8, 4) is 6.07 Å². The van der Waals surface area contributed by atoms with E-state index in [4.69, 9.17) is 16.9 Å². The molecule has 0 aliphatic carbocycles. The summed E-state index contributed by atoms with van der Waals surface area (Å²) in [6.45, 7) is 0. The highest BCUT2D eigenvalue weighted by atomic mass is 35.5. The van der Waals surface area contributed by atoms with Crippen LogP contribution in [0.5, 0.6) is 0 Å². The van der Waals surface area contributed by atoms with Gasteiger partial charge in [-0.2, -0.15) is 5.26 Å². The molecule has 0 spiro atoms. The summed E-state index contributed by atoms with van der Waals surface area (Å²) in [5.41, 5.74) is -1.02. The second-order valence-electron chi connectivity index (χ2n) is 2.39. The lowest BCUT2D eigenvalue weighted by molar-refractivity contribution is 0.106. The summed E-state index contributed by atoms with van der Waals surface area (Å²) in [6.07, 6.45) is 0.159. The van der Waals surface area contributed by atoms with Crippen LogP contribution in [0.25, 0.3) is 0 Å². The van der Waals surface area contributed by atoms with Gasteiger partial charge in [-0.15, -0.1) is 0 Å². The van der Waals surface area contributed by atoms with Gasteiger partial charge in [0.15, 0.2) is 12.1 Å². The van der Waals surface area contributed by atoms with Crippen molar-refractivity contribution in [3.05, 3.63) is 34.6 Å². The Morgan fingerprint density at radius 3 is 2.64 bits per heavy atom. The lowest BCUT2D eigenvalue weighted by atomic mass is 10.1. The van der Waals surface area contributed by atoms with E-state index in [0.29, 0.717) is 0 Å². The zero-order chi connectivity index (χ0) is 10.7. The fourth-order valence-electron chi connectivity index (χ4n) is 0.966. The molecule has 0 radical (unpaired) electrons. The third kappa shape index (κ3) is 1.63. The number of benzene rings is 1. The highest BCUT2D eigenvalue weighted by molar-refractivity contribution is 6.68. The molecule has 0 aromatic heterocycles. The predicted molar refractivity (Wildman–Crippen MR) is 46.7 cm³/mol. The van der Waals surface area contributed by atoms with Gasteiger partial charge in [-0.05, 0) is 23.7 Å². The summed E-state index contributed by atoms with van der Waals surface area (Å²) >= 11 is 5.11. The van der Waals surface area contributed by atoms with Crippen LogP contribution in [-0.2, 0) is 0 Å². The third-order valence-electron chi connectivity index (χ3n) is 1.63. The highest BCUT2D eigenvalue weighted by Gasteiger charge is 2.16. The van der Waals surface area contributed by atoms with Gasteiger partial charge < -0.3 is 0 Å². The number of nitriles is 1. The van der Waals surface area contributed by atoms with Crippen molar-refractivity contribution in [2.24, 2.45) is 0 Å². The summed E-state index contributed by atoms with van der Waals surface area (Å²) in [5, 5.41) is 7.51. The largest absolute Gasteiger partial charge is 0.298 e. The minimum Gasteiger partial charge on any atom is -0.298 e. The number of hydrogen-bond donors (Lipinski definition) is 0. The first-order valence-electron chi connectivity index (χ1n) is 3.49. The maximum atomic E-state index is 13.2. The molecule has 0 amide bonds. The molecule has 5 heteroatoms. The van der Waals surface area contributed by atoms with E-state index < -0.39 is 16.6 Å². The molecule has 0 N–H and O–H groups in total. The first-order valence-corrected chi connectivity index (χ1v) is 3.87. The maximum absolute atomic E-state index is 13.2. The van der Waals surface area contributed by atoms with Gasteiger partial charge in [-0.25, -0.2) is 4.39 Å². The number of carbonyl (C=O) groups is 2. The van der Waals surface area contributed by atoms with Gasteiger partial charge in [-0.3, -0.25) is 9.59 Å². The second kappa shape index (κ2) is 3.99. The molecule has 0 bridgehead atoms. The maximum Gasteiger partial charge on any atom is 0.253 e. The predicted octanol–water partition coefficient (Wildman–Crippen LogP) is 1.89. The quantitative estimate of drug-likeness (QED) is 0.554. The average molecular weight is 212 g/mol. The van der Waals surface area contributed by atoms with Crippen molar-refractivity contribution in [2.45, 2.75) is 0 Å². The molecule has 70 valence electrons. The summed E-state index contributed by atoms with van der Waals surface area (Å²) < 4.78 is 13.2. The van der Waals surface area contributed by atoms with Crippen LogP contribution >= 0.6 is 11.6 Å². The number of aldehydes is 1. The topological polar surface area (TPSA) is 57.9 Å². The van der Waals surface area contributed by atoms with E-state index in [0.717, 1.165) is 12.1 Å². The molecule has 0 saturated heterocycles. The molecule has 0 unspecified atom stereocenters. The molecule has 0 aliphatic rings. The minimum absolute atomic E-state index is 0.159. The van der Waals surface area contributed by atoms with Crippen molar-refractivity contribution in [2.75, 3.05) is 0 Å². The zero-order valence-electron chi connectivity index (χ0n) is 6.75. The van der Waals surface area contributed by atoms with E-state index >= 15 is 0 Å². The molecule has 0 fully saturated rings. The highest BCUT2D eigenvalue weighted by Crippen LogP contribution is 2.17. The van der Waals surface area contributed by atoms with Crippen LogP contribution in [0.15, 0.2) is 12.1 Å². The van der Waals surface area contributed by atoms with Crippen LogP contribution in [0.2, 0.25) is 0 Å². The summed E-state index contributed by atoms with van der Waals surface area (Å²) in [6, 6.07) is 3.78. The van der Waals surface area contributed by atoms with Crippen LogP contribution in [0.4, 0.5) is 4.39 Å². The van der Waals surface area contributed by atoms with Gasteiger partial charge in [0.25, 0.3) is 5.24 Å². The second-order valence-corrected chi connectivity index (χ2v) is 2.73. The van der Waals surface area contributed by atoms with Crippen molar-refractivity contribution in [1.82, 2.24) is 0 Å². The normalized spacial score (nSPS) is 9.21. The van der Waals surface area contributed by atoms with Gasteiger partial charge in [0, 0.05) is 5.56 Å². The smallest absolute Gasteiger partial charge is 0.253 e. The molecule has 14 heavy (non-hydrogen) atoms. The minimum atomic E-state index is -1.02. The van der Waals surface area contributed by atoms with Crippen molar-refractivity contribution in [1.29, 1.82) is 5.26 Å². The van der Waals surface area contributed by atoms with Crippen LogP contribution in [0.3, 0.4) is 0 Å². The van der Waals surface area contributed by atoms with E-state index in [1.165, 1.54) is 0 Å². The number of hydrogen-bond acceptors (Lipinski definition) is 3. The standard InChI is InChI=1S/C9H3ClFNO2/c10-9(14)6-2-1-5(3-12)8(11)7(6)4-13/h1-2,4H. The molecule has 0 heterocycles. The Labute approximate surface area is 83.7 Å². The number of halogens is 2. The third-order valence-corrected chi connectivity index (χ3v) is 1.83. The number of rotatable bonds is 2. The molecule has 0 aliphatic heterocycles. The Morgan fingerprint density at radius 2 is 2.21 bits per heavy atom. The molecular formula is C9H3ClFNO2. The first kappa shape index (κ1) is 10.4. The monoisotopic (exact) mass is 211 g/mol. The number of carbonyl (C=O) groups excluding carboxylic acids is 2. The van der Waals surface area contributed by atoms with Crippen LogP contribution < -0.4 is 0 Å². The number of nitrogens with zero attached hydrogens (tertiary/aromatic N) is 1. The molecule has 0 atom stereocenters. The van der Waals surface area contributed by atoms with Gasteiger partial charge in [0.05, 0.1) is 11.1 Å². The van der Waals surface area contributed by atoms with E-state index in [1.807, 2.05) is 0 Å². The fourth-order valence-corrected chi connectivity index (χ4v) is 1.13. The van der Waals surface area contributed by atoms with E-state index in [2.05, 4.69) is 0 Å². The van der Waals surface area contributed by atoms with Gasteiger partial charge >= 0.3 is 0 Å². The van der Waals surface area contributed by atoms with E-state index in [9.17, 15) is 14.0 Å². The lowest BCUT2D eigenvalue weighted by Crippen LogP contribution is -2.02. The Bertz CT molecular complexity index is 451.